The van der Waals surface area contributed by atoms with Crippen molar-refractivity contribution < 1.29 is 9.90 Å². The molecule has 1 saturated heterocycles. The zero-order chi connectivity index (χ0) is 11.6. The Balaban J connectivity index is 2.75. The summed E-state index contributed by atoms with van der Waals surface area (Å²) in [6.45, 7) is 9.28. The number of hydrogen-bond acceptors (Lipinski definition) is 3. The number of β-amino-alcohol motifs (C(OH)–C–C–N with tert-alkyl or cyclic N) is 1. The van der Waals surface area contributed by atoms with E-state index in [9.17, 15) is 9.90 Å². The van der Waals surface area contributed by atoms with Gasteiger partial charge in [0.2, 0.25) is 0 Å². The Labute approximate surface area is 92.5 Å². The monoisotopic (exact) mass is 213 g/mol. The number of carbonyl (C=O) groups is 1. The number of rotatable bonds is 3. The average molecular weight is 213 g/mol. The third-order valence-corrected chi connectivity index (χ3v) is 4.06. The summed E-state index contributed by atoms with van der Waals surface area (Å²) in [5, 5.41) is 9.84. The summed E-state index contributed by atoms with van der Waals surface area (Å²) in [5.74, 6) is 0.557. The van der Waals surface area contributed by atoms with E-state index in [4.69, 9.17) is 0 Å². The van der Waals surface area contributed by atoms with Crippen LogP contribution in [0.4, 0.5) is 0 Å². The Morgan fingerprint density at radius 2 is 2.20 bits per heavy atom. The lowest BCUT2D eigenvalue weighted by atomic mass is 9.86. The molecule has 0 aromatic rings. The summed E-state index contributed by atoms with van der Waals surface area (Å²) in [6.07, 6.45) is 1.50. The molecule has 0 aromatic heterocycles. The molecule has 0 amide bonds. The minimum atomic E-state index is -0.388. The van der Waals surface area contributed by atoms with Gasteiger partial charge in [-0.1, -0.05) is 13.8 Å². The van der Waals surface area contributed by atoms with Crippen LogP contribution in [-0.2, 0) is 4.79 Å². The molecular weight excluding hydrogens is 190 g/mol. The molecule has 1 fully saturated rings. The second-order valence-electron chi connectivity index (χ2n) is 4.96. The first kappa shape index (κ1) is 12.7. The Morgan fingerprint density at radius 1 is 1.60 bits per heavy atom. The third kappa shape index (κ3) is 2.40. The summed E-state index contributed by atoms with van der Waals surface area (Å²) in [7, 11) is 0. The molecule has 0 bridgehead atoms. The van der Waals surface area contributed by atoms with Crippen molar-refractivity contribution in [2.24, 2.45) is 5.92 Å². The van der Waals surface area contributed by atoms with Crippen molar-refractivity contribution in [2.45, 2.75) is 52.2 Å². The topological polar surface area (TPSA) is 40.5 Å². The Hall–Kier alpha value is -0.410. The van der Waals surface area contributed by atoms with Crippen molar-refractivity contribution in [3.05, 3.63) is 0 Å². The smallest absolute Gasteiger partial charge is 0.149 e. The number of carbonyl (C=O) groups excluding carboxylic acids is 1. The van der Waals surface area contributed by atoms with Gasteiger partial charge >= 0.3 is 0 Å². The maximum absolute atomic E-state index is 11.7. The first-order chi connectivity index (χ1) is 6.91. The predicted molar refractivity (Wildman–Crippen MR) is 60.7 cm³/mol. The Bertz CT molecular complexity index is 242. The highest BCUT2D eigenvalue weighted by molar-refractivity contribution is 5.85. The van der Waals surface area contributed by atoms with Crippen LogP contribution in [0, 0.1) is 5.92 Å². The molecule has 0 aromatic carbocycles. The second-order valence-corrected chi connectivity index (χ2v) is 4.96. The summed E-state index contributed by atoms with van der Waals surface area (Å²) in [6, 6.07) is 0. The van der Waals surface area contributed by atoms with Crippen molar-refractivity contribution in [3.63, 3.8) is 0 Å². The van der Waals surface area contributed by atoms with E-state index in [1.54, 1.807) is 6.92 Å². The fourth-order valence-electron chi connectivity index (χ4n) is 2.19. The van der Waals surface area contributed by atoms with Crippen LogP contribution in [0.5, 0.6) is 0 Å². The van der Waals surface area contributed by atoms with Gasteiger partial charge in [0.05, 0.1) is 11.6 Å². The lowest BCUT2D eigenvalue weighted by Crippen LogP contribution is -2.57. The molecule has 3 unspecified atom stereocenters. The summed E-state index contributed by atoms with van der Waals surface area (Å²) in [4.78, 5) is 13.8. The number of ketones is 1. The number of aliphatic hydroxyl groups is 1. The molecule has 1 heterocycles. The van der Waals surface area contributed by atoms with Crippen LogP contribution in [0.1, 0.15) is 40.5 Å². The van der Waals surface area contributed by atoms with Crippen molar-refractivity contribution in [2.75, 3.05) is 13.1 Å². The summed E-state index contributed by atoms with van der Waals surface area (Å²) >= 11 is 0. The zero-order valence-electron chi connectivity index (χ0n) is 10.3. The van der Waals surface area contributed by atoms with Gasteiger partial charge in [0.25, 0.3) is 0 Å². The molecule has 88 valence electrons. The van der Waals surface area contributed by atoms with Gasteiger partial charge < -0.3 is 5.11 Å². The maximum atomic E-state index is 11.7. The van der Waals surface area contributed by atoms with E-state index in [1.807, 2.05) is 13.8 Å². The molecule has 3 atom stereocenters. The van der Waals surface area contributed by atoms with Crippen LogP contribution in [0.15, 0.2) is 0 Å². The lowest BCUT2D eigenvalue weighted by molar-refractivity contribution is -0.131. The number of hydrogen-bond donors (Lipinski definition) is 1. The lowest BCUT2D eigenvalue weighted by Gasteiger charge is -2.44. The molecule has 0 saturated carbocycles. The molecule has 1 rings (SSSR count). The van der Waals surface area contributed by atoms with Gasteiger partial charge in [-0.3, -0.25) is 9.69 Å². The van der Waals surface area contributed by atoms with Crippen LogP contribution in [0.25, 0.3) is 0 Å². The highest BCUT2D eigenvalue weighted by Gasteiger charge is 2.38. The first-order valence-electron chi connectivity index (χ1n) is 5.86. The highest BCUT2D eigenvalue weighted by Crippen LogP contribution is 2.27. The highest BCUT2D eigenvalue weighted by atomic mass is 16.3. The summed E-state index contributed by atoms with van der Waals surface area (Å²) < 4.78 is 0. The molecule has 1 N–H and O–H groups in total. The molecule has 0 aliphatic carbocycles. The Morgan fingerprint density at radius 3 is 2.60 bits per heavy atom. The number of piperidine rings is 1. The van der Waals surface area contributed by atoms with E-state index in [0.29, 0.717) is 12.5 Å². The fraction of sp³-hybridized carbons (Fsp3) is 0.917. The predicted octanol–water partition coefficient (Wildman–Crippen LogP) is 1.45. The molecule has 0 radical (unpaired) electrons. The van der Waals surface area contributed by atoms with E-state index < -0.39 is 0 Å². The number of nitrogens with zero attached hydrogens (tertiary/aromatic N) is 1. The SMILES string of the molecule is CCC(C)(C(C)=O)N1CCC(C)C(O)C1. The number of aliphatic hydroxyl groups excluding tert-OH is 1. The van der Waals surface area contributed by atoms with E-state index in [1.165, 1.54) is 0 Å². The maximum Gasteiger partial charge on any atom is 0.149 e. The van der Waals surface area contributed by atoms with Crippen LogP contribution >= 0.6 is 0 Å². The standard InChI is InChI=1S/C12H23NO2/c1-5-12(4,10(3)14)13-7-6-9(2)11(15)8-13/h9,11,15H,5-8H2,1-4H3. The van der Waals surface area contributed by atoms with Gasteiger partial charge in [-0.15, -0.1) is 0 Å². The van der Waals surface area contributed by atoms with Crippen LogP contribution < -0.4 is 0 Å². The van der Waals surface area contributed by atoms with E-state index >= 15 is 0 Å². The largest absolute Gasteiger partial charge is 0.392 e. The normalized spacial score (nSPS) is 32.3. The molecule has 1 aliphatic heterocycles. The third-order valence-electron chi connectivity index (χ3n) is 4.06. The van der Waals surface area contributed by atoms with Gasteiger partial charge in [-0.2, -0.15) is 0 Å². The molecule has 0 spiro atoms. The molecule has 1 aliphatic rings. The minimum absolute atomic E-state index is 0.201. The van der Waals surface area contributed by atoms with Gasteiger partial charge in [0.15, 0.2) is 0 Å². The zero-order valence-corrected chi connectivity index (χ0v) is 10.3. The quantitative estimate of drug-likeness (QED) is 0.771. The number of Topliss-reactive ketones (excluding diaryl/α,β-unsaturated/α-hetero) is 1. The second kappa shape index (κ2) is 4.62. The van der Waals surface area contributed by atoms with Crippen molar-refractivity contribution in [3.8, 4) is 0 Å². The summed E-state index contributed by atoms with van der Waals surface area (Å²) in [5.41, 5.74) is -0.388. The van der Waals surface area contributed by atoms with Crippen molar-refractivity contribution in [1.29, 1.82) is 0 Å². The molecule has 15 heavy (non-hydrogen) atoms. The van der Waals surface area contributed by atoms with Crippen LogP contribution in [0.2, 0.25) is 0 Å². The van der Waals surface area contributed by atoms with Gasteiger partial charge in [0.1, 0.15) is 5.78 Å². The van der Waals surface area contributed by atoms with E-state index in [0.717, 1.165) is 19.4 Å². The molecular formula is C12H23NO2. The van der Waals surface area contributed by atoms with Crippen molar-refractivity contribution >= 4 is 5.78 Å². The van der Waals surface area contributed by atoms with Crippen molar-refractivity contribution in [1.82, 2.24) is 4.90 Å². The van der Waals surface area contributed by atoms with E-state index in [-0.39, 0.29) is 17.4 Å². The Kier molecular flexibility index (Phi) is 3.90. The van der Waals surface area contributed by atoms with Crippen LogP contribution in [-0.4, -0.2) is 40.5 Å². The number of likely N-dealkylation sites (tertiary alicyclic amines) is 1. The first-order valence-corrected chi connectivity index (χ1v) is 5.86. The minimum Gasteiger partial charge on any atom is -0.392 e. The van der Waals surface area contributed by atoms with Gasteiger partial charge in [-0.25, -0.2) is 0 Å². The van der Waals surface area contributed by atoms with Gasteiger partial charge in [-0.05, 0) is 39.2 Å². The van der Waals surface area contributed by atoms with E-state index in [2.05, 4.69) is 11.8 Å². The van der Waals surface area contributed by atoms with Crippen LogP contribution in [0.3, 0.4) is 0 Å². The molecule has 3 heteroatoms. The fourth-order valence-corrected chi connectivity index (χ4v) is 2.19. The average Bonchev–Trinajstić information content (AvgIpc) is 2.20. The molecule has 3 nitrogen and oxygen atoms in total. The van der Waals surface area contributed by atoms with Gasteiger partial charge in [0, 0.05) is 6.54 Å².